The molecule has 0 N–H and O–H groups in total. The van der Waals surface area contributed by atoms with Crippen molar-refractivity contribution in [3.63, 3.8) is 0 Å². The van der Waals surface area contributed by atoms with E-state index in [0.29, 0.717) is 11.5 Å². The van der Waals surface area contributed by atoms with E-state index in [9.17, 15) is 5.26 Å². The van der Waals surface area contributed by atoms with E-state index >= 15 is 0 Å². The summed E-state index contributed by atoms with van der Waals surface area (Å²) in [5.74, 6) is 1.20. The molecule has 1 saturated heterocycles. The van der Waals surface area contributed by atoms with Crippen LogP contribution in [0.25, 0.3) is 0 Å². The smallest absolute Gasteiger partial charge is 0.125 e. The van der Waals surface area contributed by atoms with Crippen LogP contribution in [-0.4, -0.2) is 28.0 Å². The molecular formula is C17H19N5. The van der Waals surface area contributed by atoms with Gasteiger partial charge < -0.3 is 4.90 Å². The Labute approximate surface area is 130 Å². The first-order chi connectivity index (χ1) is 10.7. The molecule has 112 valence electrons. The molecule has 1 aliphatic heterocycles. The summed E-state index contributed by atoms with van der Waals surface area (Å²) >= 11 is 0. The zero-order valence-electron chi connectivity index (χ0n) is 13.0. The maximum atomic E-state index is 9.32. The molecule has 22 heavy (non-hydrogen) atoms. The number of nitriles is 1. The summed E-state index contributed by atoms with van der Waals surface area (Å²) in [4.78, 5) is 15.3. The van der Waals surface area contributed by atoms with Crippen molar-refractivity contribution >= 4 is 5.69 Å². The monoisotopic (exact) mass is 293 g/mol. The Hall–Kier alpha value is -2.48. The van der Waals surface area contributed by atoms with Gasteiger partial charge in [0.25, 0.3) is 0 Å². The average molecular weight is 293 g/mol. The first kappa shape index (κ1) is 14.5. The summed E-state index contributed by atoms with van der Waals surface area (Å²) in [6, 6.07) is 6.26. The Morgan fingerprint density at radius 2 is 2.18 bits per heavy atom. The summed E-state index contributed by atoms with van der Waals surface area (Å²) in [6.45, 7) is 5.73. The fraction of sp³-hybridized carbons (Fsp3) is 0.412. The van der Waals surface area contributed by atoms with Gasteiger partial charge in [0.05, 0.1) is 11.3 Å². The molecule has 0 amide bonds. The first-order valence-electron chi connectivity index (χ1n) is 7.58. The van der Waals surface area contributed by atoms with Gasteiger partial charge in [-0.2, -0.15) is 5.26 Å². The van der Waals surface area contributed by atoms with Crippen LogP contribution in [0.5, 0.6) is 0 Å². The molecule has 0 bridgehead atoms. The molecule has 2 aromatic rings. The van der Waals surface area contributed by atoms with Gasteiger partial charge in [0.15, 0.2) is 0 Å². The minimum atomic E-state index is 0.385. The predicted octanol–water partition coefficient (Wildman–Crippen LogP) is 2.74. The van der Waals surface area contributed by atoms with Crippen LogP contribution in [0.15, 0.2) is 24.5 Å². The van der Waals surface area contributed by atoms with Crippen LogP contribution in [0.2, 0.25) is 0 Å². The highest BCUT2D eigenvalue weighted by Crippen LogP contribution is 2.30. The lowest BCUT2D eigenvalue weighted by molar-refractivity contribution is 0.499. The van der Waals surface area contributed by atoms with Gasteiger partial charge in [0, 0.05) is 42.8 Å². The number of aromatic nitrogens is 3. The third-order valence-corrected chi connectivity index (χ3v) is 4.12. The van der Waals surface area contributed by atoms with Crippen LogP contribution in [0, 0.1) is 25.2 Å². The van der Waals surface area contributed by atoms with E-state index in [4.69, 9.17) is 0 Å². The normalized spacial score (nSPS) is 18.0. The molecule has 0 radical (unpaired) electrons. The number of nitrogens with zero attached hydrogens (tertiary/aromatic N) is 5. The topological polar surface area (TPSA) is 65.7 Å². The summed E-state index contributed by atoms with van der Waals surface area (Å²) in [6.07, 6.45) is 5.72. The zero-order valence-corrected chi connectivity index (χ0v) is 13.0. The average Bonchev–Trinajstić information content (AvgIpc) is 2.55. The summed E-state index contributed by atoms with van der Waals surface area (Å²) in [5.41, 5.74) is 3.67. The molecule has 2 aromatic heterocycles. The van der Waals surface area contributed by atoms with Crippen molar-refractivity contribution in [1.29, 1.82) is 5.26 Å². The quantitative estimate of drug-likeness (QED) is 0.851. The minimum absolute atomic E-state index is 0.385. The van der Waals surface area contributed by atoms with Crippen LogP contribution in [-0.2, 0) is 0 Å². The fourth-order valence-electron chi connectivity index (χ4n) is 3.03. The van der Waals surface area contributed by atoms with Crippen molar-refractivity contribution in [3.8, 4) is 6.07 Å². The van der Waals surface area contributed by atoms with Gasteiger partial charge >= 0.3 is 0 Å². The minimum Gasteiger partial charge on any atom is -0.370 e. The Morgan fingerprint density at radius 1 is 1.32 bits per heavy atom. The zero-order chi connectivity index (χ0) is 15.5. The highest BCUT2D eigenvalue weighted by Gasteiger charge is 2.24. The molecule has 5 nitrogen and oxygen atoms in total. The molecule has 0 spiro atoms. The largest absolute Gasteiger partial charge is 0.370 e. The number of pyridine rings is 1. The Morgan fingerprint density at radius 3 is 2.95 bits per heavy atom. The third kappa shape index (κ3) is 2.91. The van der Waals surface area contributed by atoms with E-state index in [-0.39, 0.29) is 0 Å². The van der Waals surface area contributed by atoms with Gasteiger partial charge in [0.2, 0.25) is 0 Å². The number of rotatable bonds is 2. The summed E-state index contributed by atoms with van der Waals surface area (Å²) in [7, 11) is 0. The van der Waals surface area contributed by atoms with E-state index in [1.165, 1.54) is 0 Å². The molecule has 5 heteroatoms. The van der Waals surface area contributed by atoms with Crippen molar-refractivity contribution in [2.24, 2.45) is 0 Å². The first-order valence-corrected chi connectivity index (χ1v) is 7.58. The molecule has 0 saturated carbocycles. The lowest BCUT2D eigenvalue weighted by Gasteiger charge is -2.34. The highest BCUT2D eigenvalue weighted by molar-refractivity contribution is 5.59. The van der Waals surface area contributed by atoms with E-state index in [1.807, 2.05) is 32.2 Å². The summed E-state index contributed by atoms with van der Waals surface area (Å²) in [5, 5.41) is 9.32. The number of hydrogen-bond acceptors (Lipinski definition) is 5. The standard InChI is InChI=1S/C17H19N5/c1-12-8-17(15(9-18)10-20-12)22-7-3-4-14(11-22)16-5-6-19-13(2)21-16/h5-6,8,10,14H,3-4,7,11H2,1-2H3. The van der Waals surface area contributed by atoms with E-state index in [2.05, 4.69) is 25.9 Å². The second kappa shape index (κ2) is 6.10. The van der Waals surface area contributed by atoms with Crippen molar-refractivity contribution < 1.29 is 0 Å². The van der Waals surface area contributed by atoms with Crippen molar-refractivity contribution in [2.45, 2.75) is 32.6 Å². The number of aryl methyl sites for hydroxylation is 2. The van der Waals surface area contributed by atoms with Gasteiger partial charge in [-0.25, -0.2) is 9.97 Å². The van der Waals surface area contributed by atoms with Crippen molar-refractivity contribution in [3.05, 3.63) is 47.3 Å². The molecule has 3 heterocycles. The third-order valence-electron chi connectivity index (χ3n) is 4.12. The van der Waals surface area contributed by atoms with Gasteiger partial charge in [-0.05, 0) is 38.8 Å². The van der Waals surface area contributed by atoms with Crippen LogP contribution in [0.1, 0.15) is 41.5 Å². The van der Waals surface area contributed by atoms with Crippen LogP contribution >= 0.6 is 0 Å². The van der Waals surface area contributed by atoms with E-state index in [0.717, 1.165) is 48.8 Å². The molecule has 1 aliphatic rings. The number of anilines is 1. The van der Waals surface area contributed by atoms with Crippen molar-refractivity contribution in [1.82, 2.24) is 15.0 Å². The molecule has 3 rings (SSSR count). The summed E-state index contributed by atoms with van der Waals surface area (Å²) < 4.78 is 0. The maximum Gasteiger partial charge on any atom is 0.125 e. The van der Waals surface area contributed by atoms with Crippen LogP contribution in [0.4, 0.5) is 5.69 Å². The molecular weight excluding hydrogens is 274 g/mol. The molecule has 0 aromatic carbocycles. The van der Waals surface area contributed by atoms with E-state index in [1.54, 1.807) is 6.20 Å². The fourth-order valence-corrected chi connectivity index (χ4v) is 3.03. The maximum absolute atomic E-state index is 9.32. The van der Waals surface area contributed by atoms with Gasteiger partial charge in [-0.1, -0.05) is 0 Å². The highest BCUT2D eigenvalue weighted by atomic mass is 15.1. The lowest BCUT2D eigenvalue weighted by Crippen LogP contribution is -2.35. The Kier molecular flexibility index (Phi) is 4.01. The lowest BCUT2D eigenvalue weighted by atomic mass is 9.93. The second-order valence-electron chi connectivity index (χ2n) is 5.77. The molecule has 1 fully saturated rings. The number of piperidine rings is 1. The van der Waals surface area contributed by atoms with Gasteiger partial charge in [0.1, 0.15) is 11.9 Å². The SMILES string of the molecule is Cc1cc(N2CCCC(c3ccnc(C)n3)C2)c(C#N)cn1. The van der Waals surface area contributed by atoms with Gasteiger partial charge in [-0.3, -0.25) is 4.98 Å². The molecule has 1 atom stereocenters. The van der Waals surface area contributed by atoms with Crippen molar-refractivity contribution in [2.75, 3.05) is 18.0 Å². The van der Waals surface area contributed by atoms with E-state index < -0.39 is 0 Å². The Balaban J connectivity index is 1.88. The predicted molar refractivity (Wildman–Crippen MR) is 84.6 cm³/mol. The molecule has 1 unspecified atom stereocenters. The van der Waals surface area contributed by atoms with Crippen LogP contribution in [0.3, 0.4) is 0 Å². The van der Waals surface area contributed by atoms with Crippen LogP contribution < -0.4 is 4.90 Å². The molecule has 0 aliphatic carbocycles. The van der Waals surface area contributed by atoms with Gasteiger partial charge in [-0.15, -0.1) is 0 Å². The number of hydrogen-bond donors (Lipinski definition) is 0. The Bertz CT molecular complexity index is 719. The second-order valence-corrected chi connectivity index (χ2v) is 5.77.